The molecule has 0 radical (unpaired) electrons. The Bertz CT molecular complexity index is 519. The predicted octanol–water partition coefficient (Wildman–Crippen LogP) is 2.12. The summed E-state index contributed by atoms with van der Waals surface area (Å²) in [6.45, 7) is 2.30. The second-order valence-corrected chi connectivity index (χ2v) is 6.84. The first kappa shape index (κ1) is 16.2. The van der Waals surface area contributed by atoms with Crippen LogP contribution >= 0.6 is 39.9 Å². The Morgan fingerprint density at radius 3 is 2.50 bits per heavy atom. The fourth-order valence-electron chi connectivity index (χ4n) is 1.71. The van der Waals surface area contributed by atoms with Crippen LogP contribution in [0.1, 0.15) is 0 Å². The van der Waals surface area contributed by atoms with Gasteiger partial charge in [-0.2, -0.15) is 4.31 Å². The van der Waals surface area contributed by atoms with Crippen molar-refractivity contribution < 1.29 is 8.42 Å². The van der Waals surface area contributed by atoms with Crippen LogP contribution in [-0.2, 0) is 10.0 Å². The molecule has 1 fully saturated rings. The van der Waals surface area contributed by atoms with E-state index in [1.807, 2.05) is 0 Å². The molecular weight excluding hydrogens is 363 g/mol. The van der Waals surface area contributed by atoms with Gasteiger partial charge in [-0.3, -0.25) is 0 Å². The number of sulfonamides is 1. The molecule has 1 saturated heterocycles. The Labute approximate surface area is 126 Å². The summed E-state index contributed by atoms with van der Waals surface area (Å²) in [5, 5.41) is 3.36. The topological polar surface area (TPSA) is 49.4 Å². The molecule has 0 spiro atoms. The largest absolute Gasteiger partial charge is 0.314 e. The molecule has 2 rings (SSSR count). The molecule has 0 saturated carbocycles. The average Bonchev–Trinajstić information content (AvgIpc) is 2.33. The van der Waals surface area contributed by atoms with Crippen molar-refractivity contribution in [3.8, 4) is 0 Å². The van der Waals surface area contributed by atoms with Crippen molar-refractivity contribution >= 4 is 50.0 Å². The highest BCUT2D eigenvalue weighted by Crippen LogP contribution is 2.31. The molecule has 8 heteroatoms. The maximum atomic E-state index is 12.4. The van der Waals surface area contributed by atoms with Crippen LogP contribution in [0, 0.1) is 0 Å². The molecule has 18 heavy (non-hydrogen) atoms. The van der Waals surface area contributed by atoms with E-state index in [1.54, 1.807) is 12.1 Å². The van der Waals surface area contributed by atoms with Crippen LogP contribution < -0.4 is 5.32 Å². The summed E-state index contributed by atoms with van der Waals surface area (Å²) < 4.78 is 26.8. The zero-order valence-corrected chi connectivity index (χ0v) is 13.4. The molecule has 0 aromatic heterocycles. The summed E-state index contributed by atoms with van der Waals surface area (Å²) in [5.41, 5.74) is 0. The van der Waals surface area contributed by atoms with Gasteiger partial charge in [0.25, 0.3) is 0 Å². The average molecular weight is 376 g/mol. The van der Waals surface area contributed by atoms with E-state index >= 15 is 0 Å². The molecule has 1 heterocycles. The fourth-order valence-corrected chi connectivity index (χ4v) is 4.15. The molecule has 0 bridgehead atoms. The molecule has 1 aliphatic rings. The summed E-state index contributed by atoms with van der Waals surface area (Å²) in [4.78, 5) is 0.162. The summed E-state index contributed by atoms with van der Waals surface area (Å²) >= 11 is 9.26. The third kappa shape index (κ3) is 3.18. The van der Waals surface area contributed by atoms with E-state index in [0.29, 0.717) is 30.7 Å². The number of halogens is 3. The number of rotatable bonds is 2. The zero-order chi connectivity index (χ0) is 12.5. The van der Waals surface area contributed by atoms with E-state index in [-0.39, 0.29) is 22.3 Å². The van der Waals surface area contributed by atoms with E-state index < -0.39 is 10.0 Å². The Balaban J connectivity index is 0.00000162. The van der Waals surface area contributed by atoms with Gasteiger partial charge < -0.3 is 5.32 Å². The minimum absolute atomic E-state index is 0. The number of hydrogen-bond acceptors (Lipinski definition) is 3. The van der Waals surface area contributed by atoms with Crippen LogP contribution in [0.2, 0.25) is 5.02 Å². The minimum atomic E-state index is -3.48. The first-order valence-corrected chi connectivity index (χ1v) is 7.79. The molecule has 1 N–H and O–H groups in total. The molecule has 0 atom stereocenters. The molecule has 102 valence electrons. The lowest BCUT2D eigenvalue weighted by Gasteiger charge is -2.27. The minimum Gasteiger partial charge on any atom is -0.314 e. The molecule has 1 aromatic rings. The summed E-state index contributed by atoms with van der Waals surface area (Å²) in [6, 6.07) is 4.93. The van der Waals surface area contributed by atoms with Gasteiger partial charge in [0.2, 0.25) is 10.0 Å². The van der Waals surface area contributed by atoms with Crippen molar-refractivity contribution in [3.63, 3.8) is 0 Å². The molecule has 0 unspecified atom stereocenters. The van der Waals surface area contributed by atoms with Crippen LogP contribution in [0.4, 0.5) is 0 Å². The van der Waals surface area contributed by atoms with E-state index in [1.165, 1.54) is 10.4 Å². The monoisotopic (exact) mass is 374 g/mol. The Kier molecular flexibility index (Phi) is 5.89. The van der Waals surface area contributed by atoms with E-state index in [4.69, 9.17) is 11.6 Å². The van der Waals surface area contributed by atoms with E-state index in [0.717, 1.165) is 0 Å². The lowest BCUT2D eigenvalue weighted by molar-refractivity contribution is 0.360. The first-order valence-electron chi connectivity index (χ1n) is 5.18. The molecule has 0 aliphatic carbocycles. The Morgan fingerprint density at radius 1 is 1.28 bits per heavy atom. The third-order valence-corrected chi connectivity index (χ3v) is 5.96. The van der Waals surface area contributed by atoms with E-state index in [2.05, 4.69) is 21.2 Å². The van der Waals surface area contributed by atoms with Gasteiger partial charge in [0.1, 0.15) is 4.90 Å². The van der Waals surface area contributed by atoms with Crippen molar-refractivity contribution in [3.05, 3.63) is 27.7 Å². The Morgan fingerprint density at radius 2 is 1.89 bits per heavy atom. The maximum absolute atomic E-state index is 12.4. The highest BCUT2D eigenvalue weighted by molar-refractivity contribution is 9.10. The van der Waals surface area contributed by atoms with Crippen LogP contribution in [0.3, 0.4) is 0 Å². The highest BCUT2D eigenvalue weighted by Gasteiger charge is 2.28. The van der Waals surface area contributed by atoms with Crippen LogP contribution in [0.25, 0.3) is 0 Å². The van der Waals surface area contributed by atoms with Gasteiger partial charge in [0, 0.05) is 30.7 Å². The smallest absolute Gasteiger partial charge is 0.244 e. The third-order valence-electron chi connectivity index (χ3n) is 2.61. The van der Waals surface area contributed by atoms with Gasteiger partial charge in [-0.15, -0.1) is 12.4 Å². The van der Waals surface area contributed by atoms with Gasteiger partial charge in [-0.1, -0.05) is 17.7 Å². The fraction of sp³-hybridized carbons (Fsp3) is 0.400. The van der Waals surface area contributed by atoms with Gasteiger partial charge in [-0.05, 0) is 28.1 Å². The number of nitrogens with zero attached hydrogens (tertiary/aromatic N) is 1. The normalized spacial score (nSPS) is 17.2. The summed E-state index contributed by atoms with van der Waals surface area (Å²) in [5.74, 6) is 0. The van der Waals surface area contributed by atoms with Gasteiger partial charge >= 0.3 is 0 Å². The van der Waals surface area contributed by atoms with Crippen molar-refractivity contribution in [2.75, 3.05) is 26.2 Å². The number of hydrogen-bond donors (Lipinski definition) is 1. The Hall–Kier alpha value is 0.150. The number of piperazine rings is 1. The SMILES string of the molecule is Cl.O=S(=O)(c1cccc(Br)c1Cl)N1CCNCC1. The lowest BCUT2D eigenvalue weighted by Crippen LogP contribution is -2.46. The van der Waals surface area contributed by atoms with Crippen molar-refractivity contribution in [2.24, 2.45) is 0 Å². The van der Waals surface area contributed by atoms with Crippen LogP contribution in [0.15, 0.2) is 27.6 Å². The highest BCUT2D eigenvalue weighted by atomic mass is 79.9. The molecule has 1 aromatic carbocycles. The molecular formula is C10H13BrCl2N2O2S. The molecule has 0 amide bonds. The lowest BCUT2D eigenvalue weighted by atomic mass is 10.4. The summed E-state index contributed by atoms with van der Waals surface area (Å²) in [6.07, 6.45) is 0. The standard InChI is InChI=1S/C10H12BrClN2O2S.ClH/c11-8-2-1-3-9(10(8)12)17(15,16)14-6-4-13-5-7-14;/h1-3,13H,4-7H2;1H. The number of benzene rings is 1. The van der Waals surface area contributed by atoms with Crippen molar-refractivity contribution in [1.82, 2.24) is 9.62 Å². The quantitative estimate of drug-likeness (QED) is 0.861. The summed E-state index contributed by atoms with van der Waals surface area (Å²) in [7, 11) is -3.48. The van der Waals surface area contributed by atoms with Gasteiger partial charge in [0.15, 0.2) is 0 Å². The van der Waals surface area contributed by atoms with Gasteiger partial charge in [0.05, 0.1) is 5.02 Å². The zero-order valence-electron chi connectivity index (χ0n) is 9.40. The predicted molar refractivity (Wildman–Crippen MR) is 78.0 cm³/mol. The van der Waals surface area contributed by atoms with Crippen molar-refractivity contribution in [1.29, 1.82) is 0 Å². The number of nitrogens with one attached hydrogen (secondary N) is 1. The molecule has 1 aliphatic heterocycles. The molecule has 4 nitrogen and oxygen atoms in total. The van der Waals surface area contributed by atoms with Crippen LogP contribution in [-0.4, -0.2) is 38.9 Å². The van der Waals surface area contributed by atoms with Gasteiger partial charge in [-0.25, -0.2) is 8.42 Å². The maximum Gasteiger partial charge on any atom is 0.244 e. The second-order valence-electron chi connectivity index (χ2n) is 3.71. The van der Waals surface area contributed by atoms with Crippen LogP contribution in [0.5, 0.6) is 0 Å². The van der Waals surface area contributed by atoms with E-state index in [9.17, 15) is 8.42 Å². The second kappa shape index (κ2) is 6.54. The first-order chi connectivity index (χ1) is 8.03. The van der Waals surface area contributed by atoms with Crippen molar-refractivity contribution in [2.45, 2.75) is 4.90 Å².